The highest BCUT2D eigenvalue weighted by molar-refractivity contribution is 5.84. The van der Waals surface area contributed by atoms with Gasteiger partial charge in [-0.25, -0.2) is 15.0 Å². The Labute approximate surface area is 212 Å². The van der Waals surface area contributed by atoms with E-state index in [1.807, 2.05) is 48.5 Å². The lowest BCUT2D eigenvalue weighted by atomic mass is 10.0. The Morgan fingerprint density at radius 3 is 2.54 bits per heavy atom. The van der Waals surface area contributed by atoms with Crippen molar-refractivity contribution in [2.75, 3.05) is 30.9 Å². The van der Waals surface area contributed by atoms with Crippen molar-refractivity contribution in [2.24, 2.45) is 0 Å². The highest BCUT2D eigenvalue weighted by Gasteiger charge is 2.45. The van der Waals surface area contributed by atoms with Crippen molar-refractivity contribution in [3.63, 3.8) is 0 Å². The second-order valence-corrected chi connectivity index (χ2v) is 8.58. The number of nitrogen functional groups attached to an aromatic ring is 1. The van der Waals surface area contributed by atoms with E-state index in [0.29, 0.717) is 29.4 Å². The Balaban J connectivity index is 1.40. The normalized spacial score (nSPS) is 21.4. The van der Waals surface area contributed by atoms with Crippen LogP contribution in [0.3, 0.4) is 0 Å². The lowest BCUT2D eigenvalue weighted by molar-refractivity contribution is -0.0501. The zero-order valence-corrected chi connectivity index (χ0v) is 19.8. The molecule has 2 aromatic heterocycles. The van der Waals surface area contributed by atoms with Crippen molar-refractivity contribution in [1.29, 1.82) is 0 Å². The maximum Gasteiger partial charge on any atom is 0.207 e. The summed E-state index contributed by atoms with van der Waals surface area (Å²) in [6.45, 7) is 0.0596. The molecule has 0 bridgehead atoms. The highest BCUT2D eigenvalue weighted by Crippen LogP contribution is 2.35. The first kappa shape index (κ1) is 24.9. The van der Waals surface area contributed by atoms with Crippen molar-refractivity contribution >= 4 is 22.9 Å². The molecular weight excluding hydrogens is 480 g/mol. The number of benzene rings is 2. The molecular formula is C25H28N6O6. The SMILES string of the molecule is Nc1ncnc2c1nc(NCc1ccc(-c3ccccc3OCCO)cc1)n2[C@@H]1O[C@H](CO)[C@@H](O)[C@H]1O. The molecule has 4 aromatic rings. The van der Waals surface area contributed by atoms with Crippen LogP contribution in [0.5, 0.6) is 5.75 Å². The van der Waals surface area contributed by atoms with Crippen LogP contribution in [0.1, 0.15) is 11.8 Å². The Hall–Kier alpha value is -3.81. The lowest BCUT2D eigenvalue weighted by Gasteiger charge is -2.19. The van der Waals surface area contributed by atoms with Crippen LogP contribution < -0.4 is 15.8 Å². The van der Waals surface area contributed by atoms with Crippen LogP contribution in [0.2, 0.25) is 0 Å². The minimum absolute atomic E-state index is 0.0660. The molecule has 1 saturated heterocycles. The number of fused-ring (bicyclic) bond motifs is 1. The first-order valence-electron chi connectivity index (χ1n) is 11.8. The predicted molar refractivity (Wildman–Crippen MR) is 135 cm³/mol. The van der Waals surface area contributed by atoms with E-state index in [4.69, 9.17) is 20.3 Å². The summed E-state index contributed by atoms with van der Waals surface area (Å²) in [5.74, 6) is 1.15. The average Bonchev–Trinajstić information content (AvgIpc) is 3.43. The summed E-state index contributed by atoms with van der Waals surface area (Å²) in [5, 5.41) is 42.7. The summed E-state index contributed by atoms with van der Waals surface area (Å²) in [5.41, 5.74) is 9.45. The number of aliphatic hydroxyl groups excluding tert-OH is 4. The van der Waals surface area contributed by atoms with Crippen LogP contribution in [-0.4, -0.2) is 78.1 Å². The molecule has 7 N–H and O–H groups in total. The molecule has 5 rings (SSSR count). The van der Waals surface area contributed by atoms with Crippen LogP contribution in [0.15, 0.2) is 54.9 Å². The van der Waals surface area contributed by atoms with Gasteiger partial charge in [-0.2, -0.15) is 0 Å². The van der Waals surface area contributed by atoms with E-state index < -0.39 is 31.1 Å². The summed E-state index contributed by atoms with van der Waals surface area (Å²) in [4.78, 5) is 12.8. The summed E-state index contributed by atoms with van der Waals surface area (Å²) < 4.78 is 12.9. The number of hydrogen-bond acceptors (Lipinski definition) is 11. The van der Waals surface area contributed by atoms with Crippen molar-refractivity contribution in [3.05, 3.63) is 60.4 Å². The van der Waals surface area contributed by atoms with Crippen LogP contribution in [0.25, 0.3) is 22.3 Å². The number of aromatic nitrogens is 4. The summed E-state index contributed by atoms with van der Waals surface area (Å²) in [7, 11) is 0. The molecule has 0 aliphatic carbocycles. The molecule has 1 aliphatic rings. The summed E-state index contributed by atoms with van der Waals surface area (Å²) in [6.07, 6.45) is -3.33. The Morgan fingerprint density at radius 2 is 1.81 bits per heavy atom. The number of aliphatic hydroxyl groups is 4. The maximum absolute atomic E-state index is 10.6. The third-order valence-corrected chi connectivity index (χ3v) is 6.23. The second kappa shape index (κ2) is 10.7. The standard InChI is InChI=1S/C25H28N6O6/c26-22-19-23(29-13-28-22)31(24-21(35)20(34)18(12-33)37-24)25(30-19)27-11-14-5-7-15(8-6-14)16-3-1-2-4-17(16)36-10-9-32/h1-8,13,18,20-21,24,32-35H,9-12H2,(H,27,30)(H2,26,28,29)/t18-,20-,21-,24-/m1/s1. The van der Waals surface area contributed by atoms with E-state index in [1.54, 1.807) is 0 Å². The molecule has 194 valence electrons. The number of nitrogens with one attached hydrogen (secondary N) is 1. The fraction of sp³-hybridized carbons (Fsp3) is 0.320. The van der Waals surface area contributed by atoms with Crippen molar-refractivity contribution in [3.8, 4) is 16.9 Å². The number of hydrogen-bond donors (Lipinski definition) is 6. The second-order valence-electron chi connectivity index (χ2n) is 8.58. The molecule has 1 fully saturated rings. The van der Waals surface area contributed by atoms with E-state index in [0.717, 1.165) is 16.7 Å². The minimum Gasteiger partial charge on any atom is -0.491 e. The molecule has 1 aliphatic heterocycles. The van der Waals surface area contributed by atoms with Gasteiger partial charge in [-0.15, -0.1) is 0 Å². The number of nitrogens with zero attached hydrogens (tertiary/aromatic N) is 4. The number of nitrogens with two attached hydrogens (primary N) is 1. The van der Waals surface area contributed by atoms with Crippen LogP contribution >= 0.6 is 0 Å². The summed E-state index contributed by atoms with van der Waals surface area (Å²) in [6, 6.07) is 15.5. The van der Waals surface area contributed by atoms with Gasteiger partial charge in [0.25, 0.3) is 0 Å². The monoisotopic (exact) mass is 508 g/mol. The van der Waals surface area contributed by atoms with Gasteiger partial charge in [0.05, 0.1) is 13.2 Å². The topological polar surface area (TPSA) is 181 Å². The van der Waals surface area contributed by atoms with E-state index in [1.165, 1.54) is 10.9 Å². The van der Waals surface area contributed by atoms with Gasteiger partial charge in [0.2, 0.25) is 5.95 Å². The Bertz CT molecular complexity index is 1360. The fourth-order valence-electron chi connectivity index (χ4n) is 4.36. The fourth-order valence-corrected chi connectivity index (χ4v) is 4.36. The van der Waals surface area contributed by atoms with Crippen LogP contribution in [0, 0.1) is 0 Å². The first-order valence-corrected chi connectivity index (χ1v) is 11.8. The van der Waals surface area contributed by atoms with Gasteiger partial charge in [-0.1, -0.05) is 42.5 Å². The highest BCUT2D eigenvalue weighted by atomic mass is 16.6. The Kier molecular flexibility index (Phi) is 7.17. The zero-order valence-electron chi connectivity index (χ0n) is 19.8. The number of imidazole rings is 1. The number of anilines is 2. The van der Waals surface area contributed by atoms with Gasteiger partial charge in [-0.3, -0.25) is 4.57 Å². The van der Waals surface area contributed by atoms with E-state index >= 15 is 0 Å². The predicted octanol–water partition coefficient (Wildman–Crippen LogP) is 0.670. The van der Waals surface area contributed by atoms with Gasteiger partial charge in [0, 0.05) is 12.1 Å². The molecule has 0 unspecified atom stereocenters. The molecule has 3 heterocycles. The van der Waals surface area contributed by atoms with E-state index in [2.05, 4.69) is 20.3 Å². The number of ether oxygens (including phenoxy) is 2. The van der Waals surface area contributed by atoms with Gasteiger partial charge in [0.15, 0.2) is 23.2 Å². The van der Waals surface area contributed by atoms with Gasteiger partial charge in [-0.05, 0) is 17.2 Å². The third kappa shape index (κ3) is 4.80. The van der Waals surface area contributed by atoms with Gasteiger partial charge >= 0.3 is 0 Å². The third-order valence-electron chi connectivity index (χ3n) is 6.23. The van der Waals surface area contributed by atoms with Crippen molar-refractivity contribution in [1.82, 2.24) is 19.5 Å². The van der Waals surface area contributed by atoms with E-state index in [-0.39, 0.29) is 19.0 Å². The maximum atomic E-state index is 10.6. The Morgan fingerprint density at radius 1 is 1.03 bits per heavy atom. The van der Waals surface area contributed by atoms with E-state index in [9.17, 15) is 15.3 Å². The average molecular weight is 509 g/mol. The summed E-state index contributed by atoms with van der Waals surface area (Å²) >= 11 is 0. The zero-order chi connectivity index (χ0) is 25.9. The molecule has 37 heavy (non-hydrogen) atoms. The molecule has 4 atom stereocenters. The molecule has 0 spiro atoms. The van der Waals surface area contributed by atoms with Gasteiger partial charge < -0.3 is 41.0 Å². The molecule has 12 nitrogen and oxygen atoms in total. The van der Waals surface area contributed by atoms with Crippen molar-refractivity contribution < 1.29 is 29.9 Å². The minimum atomic E-state index is -1.32. The largest absolute Gasteiger partial charge is 0.491 e. The van der Waals surface area contributed by atoms with Crippen LogP contribution in [-0.2, 0) is 11.3 Å². The first-order chi connectivity index (χ1) is 18.0. The van der Waals surface area contributed by atoms with Crippen LogP contribution in [0.4, 0.5) is 11.8 Å². The lowest BCUT2D eigenvalue weighted by Crippen LogP contribution is -2.33. The quantitative estimate of drug-likeness (QED) is 0.187. The van der Waals surface area contributed by atoms with Gasteiger partial charge in [0.1, 0.15) is 37.0 Å². The number of rotatable bonds is 9. The smallest absolute Gasteiger partial charge is 0.207 e. The molecule has 0 amide bonds. The van der Waals surface area contributed by atoms with Crippen molar-refractivity contribution in [2.45, 2.75) is 31.1 Å². The molecule has 0 radical (unpaired) electrons. The molecule has 0 saturated carbocycles. The molecule has 2 aromatic carbocycles. The molecule has 12 heteroatoms. The number of para-hydroxylation sites is 1.